The molecule has 0 aromatic heterocycles. The Bertz CT molecular complexity index is 370. The fourth-order valence-electron chi connectivity index (χ4n) is 1.31. The van der Waals surface area contributed by atoms with Crippen molar-refractivity contribution in [1.29, 1.82) is 0 Å². The lowest BCUT2D eigenvalue weighted by molar-refractivity contribution is 0.118. The summed E-state index contributed by atoms with van der Waals surface area (Å²) in [7, 11) is 0. The highest BCUT2D eigenvalue weighted by molar-refractivity contribution is 5.66. The van der Waals surface area contributed by atoms with E-state index in [2.05, 4.69) is 5.32 Å². The van der Waals surface area contributed by atoms with Crippen molar-refractivity contribution in [3.8, 4) is 0 Å². The lowest BCUT2D eigenvalue weighted by Gasteiger charge is -2.11. The Labute approximate surface area is 100.0 Å². The van der Waals surface area contributed by atoms with Gasteiger partial charge in [-0.25, -0.2) is 8.78 Å². The molecule has 0 saturated carbocycles. The molecular formula is C12H18F2N2O. The predicted molar refractivity (Wildman–Crippen MR) is 64.9 cm³/mol. The fourth-order valence-corrected chi connectivity index (χ4v) is 1.31. The van der Waals surface area contributed by atoms with Gasteiger partial charge in [0.2, 0.25) is 0 Å². The standard InChI is InChI=1S/C12H18F2N2O/c1-8(2)7-17-4-3-16-11-6-9(13)5-10(14)12(11)15/h5-6,8,16H,3-4,7,15H2,1-2H3. The second kappa shape index (κ2) is 6.39. The summed E-state index contributed by atoms with van der Waals surface area (Å²) in [4.78, 5) is 0. The van der Waals surface area contributed by atoms with Crippen LogP contribution in [0, 0.1) is 17.6 Å². The Morgan fingerprint density at radius 3 is 2.71 bits per heavy atom. The van der Waals surface area contributed by atoms with Crippen LogP contribution in [-0.2, 0) is 4.74 Å². The number of benzene rings is 1. The van der Waals surface area contributed by atoms with Crippen molar-refractivity contribution in [3.63, 3.8) is 0 Å². The first-order valence-electron chi connectivity index (χ1n) is 5.57. The largest absolute Gasteiger partial charge is 0.395 e. The number of nitrogens with two attached hydrogens (primary N) is 1. The maximum absolute atomic E-state index is 13.1. The Balaban J connectivity index is 2.41. The van der Waals surface area contributed by atoms with Crippen molar-refractivity contribution in [2.45, 2.75) is 13.8 Å². The molecule has 0 saturated heterocycles. The van der Waals surface area contributed by atoms with E-state index >= 15 is 0 Å². The van der Waals surface area contributed by atoms with Gasteiger partial charge in [-0.05, 0) is 12.0 Å². The van der Waals surface area contributed by atoms with E-state index in [0.717, 1.165) is 6.07 Å². The lowest BCUT2D eigenvalue weighted by Crippen LogP contribution is -2.13. The van der Waals surface area contributed by atoms with Crippen LogP contribution < -0.4 is 11.1 Å². The number of anilines is 2. The second-order valence-corrected chi connectivity index (χ2v) is 4.24. The molecule has 0 aliphatic carbocycles. The minimum atomic E-state index is -0.754. The van der Waals surface area contributed by atoms with Crippen LogP contribution in [-0.4, -0.2) is 19.8 Å². The van der Waals surface area contributed by atoms with Gasteiger partial charge in [-0.2, -0.15) is 0 Å². The van der Waals surface area contributed by atoms with Crippen LogP contribution in [0.5, 0.6) is 0 Å². The van der Waals surface area contributed by atoms with Gasteiger partial charge in [0.25, 0.3) is 0 Å². The van der Waals surface area contributed by atoms with Gasteiger partial charge >= 0.3 is 0 Å². The van der Waals surface area contributed by atoms with Crippen molar-refractivity contribution in [2.75, 3.05) is 30.8 Å². The van der Waals surface area contributed by atoms with Crippen molar-refractivity contribution >= 4 is 11.4 Å². The van der Waals surface area contributed by atoms with Gasteiger partial charge in [0, 0.05) is 19.2 Å². The van der Waals surface area contributed by atoms with Crippen molar-refractivity contribution in [3.05, 3.63) is 23.8 Å². The number of rotatable bonds is 6. The second-order valence-electron chi connectivity index (χ2n) is 4.24. The van der Waals surface area contributed by atoms with E-state index in [9.17, 15) is 8.78 Å². The molecule has 0 radical (unpaired) electrons. The molecule has 17 heavy (non-hydrogen) atoms. The third-order valence-electron chi connectivity index (χ3n) is 2.11. The van der Waals surface area contributed by atoms with Crippen LogP contribution in [0.1, 0.15) is 13.8 Å². The number of halogens is 2. The first-order chi connectivity index (χ1) is 8.00. The molecule has 1 aromatic rings. The summed E-state index contributed by atoms with van der Waals surface area (Å²) >= 11 is 0. The van der Waals surface area contributed by atoms with Crippen molar-refractivity contribution < 1.29 is 13.5 Å². The Morgan fingerprint density at radius 2 is 2.06 bits per heavy atom. The van der Waals surface area contributed by atoms with E-state index in [-0.39, 0.29) is 11.4 Å². The maximum Gasteiger partial charge on any atom is 0.151 e. The topological polar surface area (TPSA) is 47.3 Å². The molecule has 0 amide bonds. The van der Waals surface area contributed by atoms with E-state index in [1.165, 1.54) is 6.07 Å². The van der Waals surface area contributed by atoms with Gasteiger partial charge in [0.15, 0.2) is 5.82 Å². The molecule has 96 valence electrons. The zero-order valence-electron chi connectivity index (χ0n) is 10.1. The summed E-state index contributed by atoms with van der Waals surface area (Å²) in [6.45, 7) is 5.69. The molecule has 3 N–H and O–H groups in total. The van der Waals surface area contributed by atoms with Crippen molar-refractivity contribution in [1.82, 2.24) is 0 Å². The summed E-state index contributed by atoms with van der Waals surface area (Å²) < 4.78 is 31.3. The van der Waals surface area contributed by atoms with Gasteiger partial charge in [0.1, 0.15) is 5.82 Å². The number of ether oxygens (including phenoxy) is 1. The first kappa shape index (κ1) is 13.7. The Hall–Kier alpha value is -1.36. The summed E-state index contributed by atoms with van der Waals surface area (Å²) in [5.41, 5.74) is 5.66. The van der Waals surface area contributed by atoms with Crippen LogP contribution in [0.15, 0.2) is 12.1 Å². The van der Waals surface area contributed by atoms with Gasteiger partial charge in [-0.15, -0.1) is 0 Å². The van der Waals surface area contributed by atoms with Crippen molar-refractivity contribution in [2.24, 2.45) is 5.92 Å². The van der Waals surface area contributed by atoms with Gasteiger partial charge in [0.05, 0.1) is 18.0 Å². The summed E-state index contributed by atoms with van der Waals surface area (Å²) in [6, 6.07) is 1.93. The molecule has 0 fully saturated rings. The summed E-state index contributed by atoms with van der Waals surface area (Å²) in [6.07, 6.45) is 0. The third kappa shape index (κ3) is 4.56. The fraction of sp³-hybridized carbons (Fsp3) is 0.500. The molecule has 0 unspecified atom stereocenters. The zero-order valence-corrected chi connectivity index (χ0v) is 10.1. The molecule has 5 heteroatoms. The van der Waals surface area contributed by atoms with E-state index in [4.69, 9.17) is 10.5 Å². The highest BCUT2D eigenvalue weighted by atomic mass is 19.1. The summed E-state index contributed by atoms with van der Waals surface area (Å²) in [5, 5.41) is 2.84. The van der Waals surface area contributed by atoms with E-state index < -0.39 is 11.6 Å². The van der Waals surface area contributed by atoms with Crippen LogP contribution in [0.2, 0.25) is 0 Å². The first-order valence-corrected chi connectivity index (χ1v) is 5.57. The van der Waals surface area contributed by atoms with Crippen LogP contribution in [0.25, 0.3) is 0 Å². The summed E-state index contributed by atoms with van der Waals surface area (Å²) in [5.74, 6) is -0.940. The van der Waals surface area contributed by atoms with Crippen LogP contribution in [0.4, 0.5) is 20.2 Å². The van der Waals surface area contributed by atoms with E-state index in [1.54, 1.807) is 0 Å². The molecule has 1 rings (SSSR count). The van der Waals surface area contributed by atoms with Gasteiger partial charge < -0.3 is 15.8 Å². The minimum absolute atomic E-state index is 0.0738. The Morgan fingerprint density at radius 1 is 1.35 bits per heavy atom. The number of nitrogen functional groups attached to an aromatic ring is 1. The van der Waals surface area contributed by atoms with E-state index in [0.29, 0.717) is 25.7 Å². The van der Waals surface area contributed by atoms with E-state index in [1.807, 2.05) is 13.8 Å². The molecule has 0 spiro atoms. The van der Waals surface area contributed by atoms with Gasteiger partial charge in [-0.1, -0.05) is 13.8 Å². The molecule has 0 bridgehead atoms. The quantitative estimate of drug-likeness (QED) is 0.597. The molecule has 1 aromatic carbocycles. The molecule has 0 aliphatic rings. The number of hydrogen-bond acceptors (Lipinski definition) is 3. The lowest BCUT2D eigenvalue weighted by atomic mass is 10.2. The third-order valence-corrected chi connectivity index (χ3v) is 2.11. The molecule has 0 atom stereocenters. The minimum Gasteiger partial charge on any atom is -0.395 e. The highest BCUT2D eigenvalue weighted by Crippen LogP contribution is 2.22. The van der Waals surface area contributed by atoms with Gasteiger partial charge in [-0.3, -0.25) is 0 Å². The maximum atomic E-state index is 13.1. The van der Waals surface area contributed by atoms with Crippen LogP contribution >= 0.6 is 0 Å². The normalized spacial score (nSPS) is 10.9. The van der Waals surface area contributed by atoms with Crippen LogP contribution in [0.3, 0.4) is 0 Å². The highest BCUT2D eigenvalue weighted by Gasteiger charge is 2.07. The average Bonchev–Trinajstić information content (AvgIpc) is 2.23. The molecular weight excluding hydrogens is 226 g/mol. The molecule has 0 aliphatic heterocycles. The SMILES string of the molecule is CC(C)COCCNc1cc(F)cc(F)c1N. The Kier molecular flexibility index (Phi) is 5.15. The molecule has 3 nitrogen and oxygen atoms in total. The zero-order chi connectivity index (χ0) is 12.8. The monoisotopic (exact) mass is 244 g/mol. The molecule has 0 heterocycles. The number of nitrogens with one attached hydrogen (secondary N) is 1. The predicted octanol–water partition coefficient (Wildman–Crippen LogP) is 2.63. The smallest absolute Gasteiger partial charge is 0.151 e. The average molecular weight is 244 g/mol. The number of hydrogen-bond donors (Lipinski definition) is 2.